The topological polar surface area (TPSA) is 25.2 Å². The monoisotopic (exact) mass is 247 g/mol. The Hall–Kier alpha value is -1.22. The van der Waals surface area contributed by atoms with Crippen LogP contribution in [0.4, 0.5) is 0 Å². The molecule has 92 valence electrons. The van der Waals surface area contributed by atoms with Crippen LogP contribution in [0.5, 0.6) is 5.75 Å². The molecule has 0 aliphatic rings. The van der Waals surface area contributed by atoms with Gasteiger partial charge in [0.25, 0.3) is 0 Å². The van der Waals surface area contributed by atoms with E-state index in [-0.39, 0.29) is 5.04 Å². The standard InChI is InChI=1S/C14H21NOSi/c1-14(2,3)17(4,5)15-9-8-11-6-7-12(16)10-13(11)15/h6-10,16H,1-5H3. The van der Waals surface area contributed by atoms with Crippen molar-refractivity contribution in [3.63, 3.8) is 0 Å². The maximum Gasteiger partial charge on any atom is 0.161 e. The predicted molar refractivity (Wildman–Crippen MR) is 76.2 cm³/mol. The molecular weight excluding hydrogens is 226 g/mol. The molecule has 2 aromatic rings. The van der Waals surface area contributed by atoms with Crippen molar-refractivity contribution in [1.29, 1.82) is 0 Å². The lowest BCUT2D eigenvalue weighted by molar-refractivity contribution is 0.476. The first kappa shape index (κ1) is 12.2. The lowest BCUT2D eigenvalue weighted by Crippen LogP contribution is -2.44. The van der Waals surface area contributed by atoms with Crippen LogP contribution in [0.1, 0.15) is 20.8 Å². The van der Waals surface area contributed by atoms with E-state index in [1.165, 1.54) is 5.39 Å². The molecule has 2 rings (SSSR count). The molecule has 0 bridgehead atoms. The van der Waals surface area contributed by atoms with E-state index in [0.29, 0.717) is 5.75 Å². The summed E-state index contributed by atoms with van der Waals surface area (Å²) < 4.78 is 2.39. The summed E-state index contributed by atoms with van der Waals surface area (Å²) in [4.78, 5) is 0. The average molecular weight is 247 g/mol. The third-order valence-corrected chi connectivity index (χ3v) is 9.38. The smallest absolute Gasteiger partial charge is 0.161 e. The fourth-order valence-electron chi connectivity index (χ4n) is 1.97. The summed E-state index contributed by atoms with van der Waals surface area (Å²) in [5.41, 5.74) is 1.15. The SMILES string of the molecule is CC(C)(C)[Si](C)(C)n1ccc2ccc(O)cc21. The number of aromatic hydroxyl groups is 1. The van der Waals surface area contributed by atoms with Gasteiger partial charge in [0, 0.05) is 11.6 Å². The summed E-state index contributed by atoms with van der Waals surface area (Å²) in [6.07, 6.45) is 2.17. The Balaban J connectivity index is 2.68. The first-order valence-corrected chi connectivity index (χ1v) is 8.99. The van der Waals surface area contributed by atoms with Gasteiger partial charge >= 0.3 is 0 Å². The Labute approximate surface area is 104 Å². The second-order valence-corrected chi connectivity index (χ2v) is 11.3. The van der Waals surface area contributed by atoms with Crippen LogP contribution in [0.3, 0.4) is 0 Å². The number of phenolic OH excluding ortho intramolecular Hbond substituents is 1. The summed E-state index contributed by atoms with van der Waals surface area (Å²) in [6.45, 7) is 11.6. The van der Waals surface area contributed by atoms with Gasteiger partial charge in [-0.3, -0.25) is 0 Å². The zero-order valence-electron chi connectivity index (χ0n) is 11.3. The molecule has 0 aliphatic carbocycles. The highest BCUT2D eigenvalue weighted by Gasteiger charge is 2.37. The van der Waals surface area contributed by atoms with Crippen molar-refractivity contribution in [3.8, 4) is 5.75 Å². The third-order valence-electron chi connectivity index (χ3n) is 4.11. The first-order chi connectivity index (χ1) is 7.73. The summed E-state index contributed by atoms with van der Waals surface area (Å²) in [7, 11) is -1.61. The molecule has 0 atom stereocenters. The second kappa shape index (κ2) is 3.64. The summed E-state index contributed by atoms with van der Waals surface area (Å²) in [6, 6.07) is 7.73. The molecule has 1 heterocycles. The first-order valence-electron chi connectivity index (χ1n) is 6.04. The van der Waals surface area contributed by atoms with Crippen molar-refractivity contribution in [3.05, 3.63) is 30.5 Å². The average Bonchev–Trinajstić information content (AvgIpc) is 2.58. The normalized spacial score (nSPS) is 13.2. The molecule has 1 aromatic heterocycles. The van der Waals surface area contributed by atoms with Crippen molar-refractivity contribution >= 4 is 19.1 Å². The van der Waals surface area contributed by atoms with Gasteiger partial charge in [0.05, 0.1) is 0 Å². The number of nitrogens with zero attached hydrogens (tertiary/aromatic N) is 1. The Morgan fingerprint density at radius 2 is 1.76 bits per heavy atom. The lowest BCUT2D eigenvalue weighted by atomic mass is 10.2. The molecule has 2 nitrogen and oxygen atoms in total. The highest BCUT2D eigenvalue weighted by atomic mass is 28.3. The number of benzene rings is 1. The number of phenols is 1. The summed E-state index contributed by atoms with van der Waals surface area (Å²) in [5, 5.41) is 11.1. The molecule has 1 aromatic carbocycles. The Morgan fingerprint density at radius 3 is 2.35 bits per heavy atom. The lowest BCUT2D eigenvalue weighted by Gasteiger charge is -2.38. The fourth-order valence-corrected chi connectivity index (χ4v) is 3.93. The van der Waals surface area contributed by atoms with Crippen LogP contribution in [0.2, 0.25) is 18.1 Å². The van der Waals surface area contributed by atoms with Gasteiger partial charge in [0.1, 0.15) is 5.75 Å². The Kier molecular flexibility index (Phi) is 2.62. The van der Waals surface area contributed by atoms with Gasteiger partial charge < -0.3 is 9.34 Å². The number of hydrogen-bond donors (Lipinski definition) is 1. The molecule has 0 saturated carbocycles. The molecule has 0 amide bonds. The molecule has 1 N–H and O–H groups in total. The largest absolute Gasteiger partial charge is 0.508 e. The van der Waals surface area contributed by atoms with Gasteiger partial charge in [0.2, 0.25) is 0 Å². The van der Waals surface area contributed by atoms with E-state index in [1.807, 2.05) is 12.1 Å². The Morgan fingerprint density at radius 1 is 1.12 bits per heavy atom. The van der Waals surface area contributed by atoms with E-state index < -0.39 is 8.24 Å². The van der Waals surface area contributed by atoms with Crippen molar-refractivity contribution in [2.24, 2.45) is 0 Å². The molecule has 0 fully saturated rings. The van der Waals surface area contributed by atoms with E-state index in [1.54, 1.807) is 6.07 Å². The van der Waals surface area contributed by atoms with Crippen LogP contribution in [0, 0.1) is 0 Å². The van der Waals surface area contributed by atoms with Gasteiger partial charge in [-0.05, 0) is 34.8 Å². The Bertz CT molecular complexity index is 549. The van der Waals surface area contributed by atoms with Crippen LogP contribution in [0.25, 0.3) is 10.9 Å². The molecular formula is C14H21NOSi. The van der Waals surface area contributed by atoms with E-state index in [0.717, 1.165) is 5.52 Å². The maximum absolute atomic E-state index is 9.64. The van der Waals surface area contributed by atoms with E-state index >= 15 is 0 Å². The summed E-state index contributed by atoms with van der Waals surface area (Å²) in [5.74, 6) is 0.344. The molecule has 0 aliphatic heterocycles. The van der Waals surface area contributed by atoms with Gasteiger partial charge in [-0.25, -0.2) is 0 Å². The van der Waals surface area contributed by atoms with Crippen molar-refractivity contribution < 1.29 is 5.11 Å². The minimum absolute atomic E-state index is 0.282. The third kappa shape index (κ3) is 1.88. The zero-order chi connectivity index (χ0) is 12.8. The highest BCUT2D eigenvalue weighted by Crippen LogP contribution is 2.39. The van der Waals surface area contributed by atoms with Gasteiger partial charge in [-0.15, -0.1) is 0 Å². The molecule has 0 radical (unpaired) electrons. The minimum Gasteiger partial charge on any atom is -0.508 e. The second-order valence-electron chi connectivity index (χ2n) is 6.24. The summed E-state index contributed by atoms with van der Waals surface area (Å²) >= 11 is 0. The van der Waals surface area contributed by atoms with Crippen molar-refractivity contribution in [2.45, 2.75) is 38.9 Å². The van der Waals surface area contributed by atoms with E-state index in [2.05, 4.69) is 50.4 Å². The number of hydrogen-bond acceptors (Lipinski definition) is 1. The molecule has 0 saturated heterocycles. The fraction of sp³-hybridized carbons (Fsp3) is 0.429. The number of fused-ring (bicyclic) bond motifs is 1. The maximum atomic E-state index is 9.64. The van der Waals surface area contributed by atoms with E-state index in [4.69, 9.17) is 0 Å². The van der Waals surface area contributed by atoms with Crippen LogP contribution >= 0.6 is 0 Å². The van der Waals surface area contributed by atoms with Crippen LogP contribution in [0.15, 0.2) is 30.5 Å². The number of rotatable bonds is 1. The van der Waals surface area contributed by atoms with Crippen LogP contribution in [-0.2, 0) is 0 Å². The van der Waals surface area contributed by atoms with Crippen molar-refractivity contribution in [1.82, 2.24) is 4.23 Å². The quantitative estimate of drug-likeness (QED) is 0.751. The van der Waals surface area contributed by atoms with Gasteiger partial charge in [-0.2, -0.15) is 0 Å². The number of aromatic nitrogens is 1. The van der Waals surface area contributed by atoms with Gasteiger partial charge in [-0.1, -0.05) is 33.9 Å². The van der Waals surface area contributed by atoms with Crippen LogP contribution in [-0.4, -0.2) is 17.6 Å². The predicted octanol–water partition coefficient (Wildman–Crippen LogP) is 4.20. The van der Waals surface area contributed by atoms with Gasteiger partial charge in [0.15, 0.2) is 8.24 Å². The van der Waals surface area contributed by atoms with E-state index in [9.17, 15) is 5.11 Å². The molecule has 0 unspecified atom stereocenters. The van der Waals surface area contributed by atoms with Crippen LogP contribution < -0.4 is 0 Å². The molecule has 3 heteroatoms. The minimum atomic E-state index is -1.61. The molecule has 0 spiro atoms. The van der Waals surface area contributed by atoms with Crippen molar-refractivity contribution in [2.75, 3.05) is 0 Å². The highest BCUT2D eigenvalue weighted by molar-refractivity contribution is 6.79. The zero-order valence-corrected chi connectivity index (χ0v) is 12.3. The molecule has 17 heavy (non-hydrogen) atoms.